The number of hydrogen-bond donors (Lipinski definition) is 2. The number of methoxy groups -OCH3 is 1. The second kappa shape index (κ2) is 5.68. The van der Waals surface area contributed by atoms with E-state index in [-0.39, 0.29) is 11.9 Å². The first-order valence-electron chi connectivity index (χ1n) is 5.96. The molecule has 1 aliphatic heterocycles. The first kappa shape index (κ1) is 11.9. The van der Waals surface area contributed by atoms with E-state index >= 15 is 0 Å². The molecule has 4 heteroatoms. The van der Waals surface area contributed by atoms with Crippen molar-refractivity contribution in [2.45, 2.75) is 18.9 Å². The summed E-state index contributed by atoms with van der Waals surface area (Å²) in [6, 6.07) is 7.51. The van der Waals surface area contributed by atoms with Gasteiger partial charge in [0.1, 0.15) is 5.75 Å². The van der Waals surface area contributed by atoms with Crippen LogP contribution in [0, 0.1) is 0 Å². The summed E-state index contributed by atoms with van der Waals surface area (Å²) in [5.41, 5.74) is 0.598. The van der Waals surface area contributed by atoms with Crippen LogP contribution in [0.5, 0.6) is 5.75 Å². The van der Waals surface area contributed by atoms with Crippen LogP contribution in [0.4, 0.5) is 0 Å². The third-order valence-electron chi connectivity index (χ3n) is 2.98. The Labute approximate surface area is 101 Å². The van der Waals surface area contributed by atoms with Crippen LogP contribution < -0.4 is 15.4 Å². The lowest BCUT2D eigenvalue weighted by Crippen LogP contribution is -2.45. The molecule has 17 heavy (non-hydrogen) atoms. The molecule has 1 heterocycles. The van der Waals surface area contributed by atoms with Crippen molar-refractivity contribution in [3.8, 4) is 5.75 Å². The van der Waals surface area contributed by atoms with Crippen LogP contribution >= 0.6 is 0 Å². The number of amides is 1. The van der Waals surface area contributed by atoms with Crippen molar-refractivity contribution in [2.75, 3.05) is 20.2 Å². The van der Waals surface area contributed by atoms with Gasteiger partial charge in [0, 0.05) is 12.6 Å². The Morgan fingerprint density at radius 3 is 3.00 bits per heavy atom. The summed E-state index contributed by atoms with van der Waals surface area (Å²) in [5, 5.41) is 6.30. The highest BCUT2D eigenvalue weighted by Crippen LogP contribution is 2.17. The second-order valence-corrected chi connectivity index (χ2v) is 4.22. The maximum atomic E-state index is 12.1. The molecule has 1 aromatic carbocycles. The van der Waals surface area contributed by atoms with Crippen LogP contribution in [0.15, 0.2) is 24.3 Å². The quantitative estimate of drug-likeness (QED) is 0.825. The van der Waals surface area contributed by atoms with Gasteiger partial charge in [-0.2, -0.15) is 0 Å². The van der Waals surface area contributed by atoms with Crippen LogP contribution in [-0.4, -0.2) is 32.1 Å². The van der Waals surface area contributed by atoms with E-state index in [2.05, 4.69) is 10.6 Å². The summed E-state index contributed by atoms with van der Waals surface area (Å²) >= 11 is 0. The molecule has 0 unspecified atom stereocenters. The molecule has 0 aliphatic carbocycles. The van der Waals surface area contributed by atoms with Crippen LogP contribution in [0.2, 0.25) is 0 Å². The molecule has 2 N–H and O–H groups in total. The molecule has 2 rings (SSSR count). The normalized spacial score (nSPS) is 19.7. The molecule has 92 valence electrons. The van der Waals surface area contributed by atoms with Crippen LogP contribution in [-0.2, 0) is 0 Å². The van der Waals surface area contributed by atoms with Crippen LogP contribution in [0.25, 0.3) is 0 Å². The highest BCUT2D eigenvalue weighted by atomic mass is 16.5. The largest absolute Gasteiger partial charge is 0.496 e. The zero-order valence-corrected chi connectivity index (χ0v) is 10.0. The lowest BCUT2D eigenvalue weighted by atomic mass is 10.1. The predicted molar refractivity (Wildman–Crippen MR) is 66.4 cm³/mol. The second-order valence-electron chi connectivity index (χ2n) is 4.22. The van der Waals surface area contributed by atoms with Gasteiger partial charge in [0.25, 0.3) is 5.91 Å². The number of para-hydroxylation sites is 1. The summed E-state index contributed by atoms with van der Waals surface area (Å²) in [7, 11) is 1.58. The van der Waals surface area contributed by atoms with Crippen molar-refractivity contribution in [1.29, 1.82) is 0 Å². The van der Waals surface area contributed by atoms with Gasteiger partial charge in [0.15, 0.2) is 0 Å². The Morgan fingerprint density at radius 2 is 2.29 bits per heavy atom. The fraction of sp³-hybridized carbons (Fsp3) is 0.462. The first-order valence-corrected chi connectivity index (χ1v) is 5.96. The summed E-state index contributed by atoms with van der Waals surface area (Å²) in [6.07, 6.45) is 2.14. The van der Waals surface area contributed by atoms with Gasteiger partial charge in [0.05, 0.1) is 12.7 Å². The Kier molecular flexibility index (Phi) is 3.98. The van der Waals surface area contributed by atoms with Crippen molar-refractivity contribution in [3.05, 3.63) is 29.8 Å². The number of ether oxygens (including phenoxy) is 1. The molecule has 0 spiro atoms. The van der Waals surface area contributed by atoms with Gasteiger partial charge in [-0.1, -0.05) is 12.1 Å². The number of carbonyl (C=O) groups excluding carboxylic acids is 1. The van der Waals surface area contributed by atoms with Gasteiger partial charge in [-0.25, -0.2) is 0 Å². The number of carbonyl (C=O) groups is 1. The Bertz CT molecular complexity index is 387. The summed E-state index contributed by atoms with van der Waals surface area (Å²) in [4.78, 5) is 12.1. The number of hydrogen-bond acceptors (Lipinski definition) is 3. The van der Waals surface area contributed by atoms with Gasteiger partial charge in [-0.15, -0.1) is 0 Å². The average Bonchev–Trinajstić information content (AvgIpc) is 2.40. The fourth-order valence-electron chi connectivity index (χ4n) is 2.07. The van der Waals surface area contributed by atoms with Crippen molar-refractivity contribution in [2.24, 2.45) is 0 Å². The summed E-state index contributed by atoms with van der Waals surface area (Å²) in [6.45, 7) is 1.89. The molecule has 1 atom stereocenters. The molecule has 1 amide bonds. The van der Waals surface area contributed by atoms with Crippen molar-refractivity contribution >= 4 is 5.91 Å². The maximum Gasteiger partial charge on any atom is 0.255 e. The Hall–Kier alpha value is -1.55. The van der Waals surface area contributed by atoms with E-state index in [1.54, 1.807) is 19.2 Å². The molecule has 0 radical (unpaired) electrons. The van der Waals surface area contributed by atoms with Crippen molar-refractivity contribution in [1.82, 2.24) is 10.6 Å². The smallest absolute Gasteiger partial charge is 0.255 e. The minimum atomic E-state index is -0.0591. The van der Waals surface area contributed by atoms with E-state index in [0.29, 0.717) is 11.3 Å². The molecule has 0 bridgehead atoms. The van der Waals surface area contributed by atoms with Gasteiger partial charge < -0.3 is 15.4 Å². The van der Waals surface area contributed by atoms with E-state index in [4.69, 9.17) is 4.74 Å². The first-order chi connectivity index (χ1) is 8.31. The molecular weight excluding hydrogens is 216 g/mol. The van der Waals surface area contributed by atoms with E-state index in [1.165, 1.54) is 0 Å². The van der Waals surface area contributed by atoms with Gasteiger partial charge in [-0.05, 0) is 31.5 Å². The van der Waals surface area contributed by atoms with E-state index < -0.39 is 0 Å². The number of piperidine rings is 1. The van der Waals surface area contributed by atoms with E-state index in [0.717, 1.165) is 25.9 Å². The minimum Gasteiger partial charge on any atom is -0.496 e. The highest BCUT2D eigenvalue weighted by Gasteiger charge is 2.18. The van der Waals surface area contributed by atoms with Crippen molar-refractivity contribution in [3.63, 3.8) is 0 Å². The minimum absolute atomic E-state index is 0.0591. The third-order valence-corrected chi connectivity index (χ3v) is 2.98. The topological polar surface area (TPSA) is 50.4 Å². The molecular formula is C13H18N2O2. The Balaban J connectivity index is 2.03. The number of nitrogens with one attached hydrogen (secondary N) is 2. The number of rotatable bonds is 3. The van der Waals surface area contributed by atoms with Crippen molar-refractivity contribution < 1.29 is 9.53 Å². The monoisotopic (exact) mass is 234 g/mol. The summed E-state index contributed by atoms with van der Waals surface area (Å²) in [5.74, 6) is 0.560. The van der Waals surface area contributed by atoms with Crippen LogP contribution in [0.1, 0.15) is 23.2 Å². The molecule has 0 saturated carbocycles. The Morgan fingerprint density at radius 1 is 1.47 bits per heavy atom. The van der Waals surface area contributed by atoms with Gasteiger partial charge in [-0.3, -0.25) is 4.79 Å². The fourth-order valence-corrected chi connectivity index (χ4v) is 2.07. The van der Waals surface area contributed by atoms with E-state index in [1.807, 2.05) is 12.1 Å². The lowest BCUT2D eigenvalue weighted by Gasteiger charge is -2.24. The maximum absolute atomic E-state index is 12.1. The van der Waals surface area contributed by atoms with Gasteiger partial charge >= 0.3 is 0 Å². The lowest BCUT2D eigenvalue weighted by molar-refractivity contribution is 0.0927. The van der Waals surface area contributed by atoms with Gasteiger partial charge in [0.2, 0.25) is 0 Å². The highest BCUT2D eigenvalue weighted by molar-refractivity contribution is 5.97. The molecule has 0 aromatic heterocycles. The molecule has 1 saturated heterocycles. The zero-order chi connectivity index (χ0) is 12.1. The molecule has 1 aliphatic rings. The zero-order valence-electron chi connectivity index (χ0n) is 10.0. The molecule has 1 aromatic rings. The summed E-state index contributed by atoms with van der Waals surface area (Å²) < 4.78 is 5.18. The number of benzene rings is 1. The third kappa shape index (κ3) is 2.97. The predicted octanol–water partition coefficient (Wildman–Crippen LogP) is 1.18. The standard InChI is InChI=1S/C13H18N2O2/c1-17-12-7-3-2-6-11(12)13(16)15-10-5-4-8-14-9-10/h2-3,6-7,10,14H,4-5,8-9H2,1H3,(H,15,16)/t10-/m1/s1. The van der Waals surface area contributed by atoms with E-state index in [9.17, 15) is 4.79 Å². The molecule has 4 nitrogen and oxygen atoms in total. The average molecular weight is 234 g/mol. The van der Waals surface area contributed by atoms with Crippen LogP contribution in [0.3, 0.4) is 0 Å². The molecule has 1 fully saturated rings. The SMILES string of the molecule is COc1ccccc1C(=O)N[C@@H]1CCCNC1.